The van der Waals surface area contributed by atoms with Gasteiger partial charge in [0.2, 0.25) is 0 Å². The van der Waals surface area contributed by atoms with Gasteiger partial charge in [-0.1, -0.05) is 24.8 Å². The number of rotatable bonds is 1. The van der Waals surface area contributed by atoms with E-state index >= 15 is 0 Å². The Kier molecular flexibility index (Phi) is 2.75. The van der Waals surface area contributed by atoms with Crippen molar-refractivity contribution in [2.45, 2.75) is 12.5 Å². The van der Waals surface area contributed by atoms with Gasteiger partial charge >= 0.3 is 0 Å². The number of aromatic nitrogens is 4. The fraction of sp³-hybridized carbons (Fsp3) is 0.105. The highest BCUT2D eigenvalue weighted by Crippen LogP contribution is 2.43. The predicted octanol–water partition coefficient (Wildman–Crippen LogP) is 2.42. The molecule has 1 aromatic carbocycles. The van der Waals surface area contributed by atoms with Crippen LogP contribution in [0.4, 0.5) is 5.82 Å². The molecule has 3 heterocycles. The van der Waals surface area contributed by atoms with Crippen LogP contribution in [0.5, 0.6) is 0 Å². The smallest absolute Gasteiger partial charge is 0.152 e. The molecule has 1 aliphatic rings. The molecule has 0 aliphatic heterocycles. The number of anilines is 1. The van der Waals surface area contributed by atoms with Crippen LogP contribution in [0.3, 0.4) is 0 Å². The van der Waals surface area contributed by atoms with Gasteiger partial charge in [-0.05, 0) is 17.7 Å². The van der Waals surface area contributed by atoms with Gasteiger partial charge in [0.25, 0.3) is 0 Å². The summed E-state index contributed by atoms with van der Waals surface area (Å²) in [5.41, 5.74) is 19.1. The summed E-state index contributed by atoms with van der Waals surface area (Å²) in [7, 11) is 0. The van der Waals surface area contributed by atoms with Crippen molar-refractivity contribution in [3.8, 4) is 11.1 Å². The summed E-state index contributed by atoms with van der Waals surface area (Å²) in [6.45, 7) is 4.20. The Bertz CT molecular complexity index is 1170. The van der Waals surface area contributed by atoms with Gasteiger partial charge in [0.05, 0.1) is 11.2 Å². The lowest BCUT2D eigenvalue weighted by atomic mass is 9.98. The van der Waals surface area contributed by atoms with E-state index in [1.807, 2.05) is 35.0 Å². The van der Waals surface area contributed by atoms with Gasteiger partial charge in [0.1, 0.15) is 11.8 Å². The van der Waals surface area contributed by atoms with Crippen LogP contribution < -0.4 is 11.5 Å². The van der Waals surface area contributed by atoms with Gasteiger partial charge in [-0.15, -0.1) is 0 Å². The molecule has 25 heavy (non-hydrogen) atoms. The second kappa shape index (κ2) is 4.87. The van der Waals surface area contributed by atoms with Crippen LogP contribution >= 0.6 is 0 Å². The zero-order valence-corrected chi connectivity index (χ0v) is 13.5. The van der Waals surface area contributed by atoms with E-state index in [1.165, 1.54) is 6.33 Å². The number of benzene rings is 1. The van der Waals surface area contributed by atoms with Crippen molar-refractivity contribution in [1.82, 2.24) is 19.6 Å². The zero-order valence-electron chi connectivity index (χ0n) is 13.5. The minimum Gasteiger partial charge on any atom is -0.382 e. The molecule has 1 atom stereocenters. The van der Waals surface area contributed by atoms with Crippen molar-refractivity contribution in [2.24, 2.45) is 5.73 Å². The van der Waals surface area contributed by atoms with E-state index in [-0.39, 0.29) is 6.04 Å². The number of hydrogen-bond acceptors (Lipinski definition) is 5. The quantitative estimate of drug-likeness (QED) is 0.559. The SMILES string of the molecule is C=C1c2c(-c3cnc4ccccc4c3)c3c(N)ncnn3c2C[C@@H]1N. The third-order valence-corrected chi connectivity index (χ3v) is 4.91. The lowest BCUT2D eigenvalue weighted by Gasteiger charge is -2.10. The van der Waals surface area contributed by atoms with E-state index in [0.29, 0.717) is 12.2 Å². The van der Waals surface area contributed by atoms with E-state index in [0.717, 1.165) is 44.4 Å². The highest BCUT2D eigenvalue weighted by Gasteiger charge is 2.32. The van der Waals surface area contributed by atoms with Crippen LogP contribution in [0.1, 0.15) is 11.3 Å². The Balaban J connectivity index is 1.90. The lowest BCUT2D eigenvalue weighted by Crippen LogP contribution is -2.19. The maximum absolute atomic E-state index is 6.24. The first-order valence-corrected chi connectivity index (χ1v) is 8.09. The summed E-state index contributed by atoms with van der Waals surface area (Å²) in [4.78, 5) is 8.77. The molecule has 5 rings (SSSR count). The first kappa shape index (κ1) is 14.1. The summed E-state index contributed by atoms with van der Waals surface area (Å²) in [6, 6.07) is 10.0. The van der Waals surface area contributed by atoms with Crippen LogP contribution in [-0.4, -0.2) is 25.6 Å². The molecule has 122 valence electrons. The van der Waals surface area contributed by atoms with Gasteiger partial charge in [-0.25, -0.2) is 9.50 Å². The summed E-state index contributed by atoms with van der Waals surface area (Å²) < 4.78 is 1.85. The van der Waals surface area contributed by atoms with Crippen molar-refractivity contribution in [3.05, 3.63) is 60.7 Å². The molecule has 6 heteroatoms. The minimum atomic E-state index is -0.106. The zero-order chi connectivity index (χ0) is 17.1. The number of nitrogens with two attached hydrogens (primary N) is 2. The fourth-order valence-electron chi connectivity index (χ4n) is 3.71. The normalized spacial score (nSPS) is 16.7. The van der Waals surface area contributed by atoms with Crippen LogP contribution in [0, 0.1) is 0 Å². The molecule has 4 aromatic rings. The Hall–Kier alpha value is -3.25. The van der Waals surface area contributed by atoms with Crippen LogP contribution in [0.15, 0.2) is 49.4 Å². The summed E-state index contributed by atoms with van der Waals surface area (Å²) in [6.07, 6.45) is 4.02. The molecule has 0 fully saturated rings. The van der Waals surface area contributed by atoms with E-state index in [9.17, 15) is 0 Å². The average Bonchev–Trinajstić information content (AvgIpc) is 3.10. The third kappa shape index (κ3) is 1.85. The van der Waals surface area contributed by atoms with Gasteiger partial charge in [0.15, 0.2) is 5.82 Å². The Labute approximate surface area is 143 Å². The Morgan fingerprint density at radius 2 is 2.00 bits per heavy atom. The Morgan fingerprint density at radius 3 is 2.88 bits per heavy atom. The van der Waals surface area contributed by atoms with Crippen molar-refractivity contribution < 1.29 is 0 Å². The van der Waals surface area contributed by atoms with Crippen molar-refractivity contribution in [3.63, 3.8) is 0 Å². The number of pyridine rings is 1. The van der Waals surface area contributed by atoms with Gasteiger partial charge in [-0.3, -0.25) is 4.98 Å². The average molecular weight is 328 g/mol. The lowest BCUT2D eigenvalue weighted by molar-refractivity contribution is 0.785. The van der Waals surface area contributed by atoms with Crippen molar-refractivity contribution in [2.75, 3.05) is 5.73 Å². The highest BCUT2D eigenvalue weighted by atomic mass is 15.3. The van der Waals surface area contributed by atoms with Gasteiger partial charge < -0.3 is 11.5 Å². The molecular formula is C19H16N6. The molecule has 0 radical (unpaired) electrons. The maximum Gasteiger partial charge on any atom is 0.152 e. The molecule has 0 unspecified atom stereocenters. The molecule has 4 N–H and O–H groups in total. The number of nitrogens with zero attached hydrogens (tertiary/aromatic N) is 4. The molecule has 0 amide bonds. The van der Waals surface area contributed by atoms with Gasteiger partial charge in [-0.2, -0.15) is 5.10 Å². The van der Waals surface area contributed by atoms with Crippen LogP contribution in [0.25, 0.3) is 33.1 Å². The topological polar surface area (TPSA) is 95.1 Å². The summed E-state index contributed by atoms with van der Waals surface area (Å²) in [5, 5.41) is 5.47. The second-order valence-electron chi connectivity index (χ2n) is 6.35. The summed E-state index contributed by atoms with van der Waals surface area (Å²) in [5.74, 6) is 0.439. The van der Waals surface area contributed by atoms with E-state index < -0.39 is 0 Å². The first-order chi connectivity index (χ1) is 12.1. The second-order valence-corrected chi connectivity index (χ2v) is 6.35. The number of para-hydroxylation sites is 1. The molecule has 0 saturated heterocycles. The van der Waals surface area contributed by atoms with Crippen LogP contribution in [0.2, 0.25) is 0 Å². The maximum atomic E-state index is 6.24. The van der Waals surface area contributed by atoms with Crippen molar-refractivity contribution >= 4 is 27.8 Å². The largest absolute Gasteiger partial charge is 0.382 e. The Morgan fingerprint density at radius 1 is 1.16 bits per heavy atom. The predicted molar refractivity (Wildman–Crippen MR) is 98.8 cm³/mol. The van der Waals surface area contributed by atoms with Gasteiger partial charge in [0, 0.05) is 40.7 Å². The van der Waals surface area contributed by atoms with Crippen LogP contribution in [-0.2, 0) is 6.42 Å². The third-order valence-electron chi connectivity index (χ3n) is 4.91. The number of fused-ring (bicyclic) bond motifs is 4. The first-order valence-electron chi connectivity index (χ1n) is 8.09. The standard InChI is InChI=1S/C19H16N6/c1-10-13(20)7-15-16(10)17(18-19(21)23-9-24-25(15)18)12-6-11-4-2-3-5-14(11)22-8-12/h2-6,8-9,13H,1,7,20H2,(H2,21,23,24)/t13-/m0/s1. The molecule has 0 spiro atoms. The molecule has 3 aromatic heterocycles. The molecular weight excluding hydrogens is 312 g/mol. The van der Waals surface area contributed by atoms with E-state index in [2.05, 4.69) is 27.7 Å². The monoisotopic (exact) mass is 328 g/mol. The highest BCUT2D eigenvalue weighted by molar-refractivity contribution is 6.00. The van der Waals surface area contributed by atoms with E-state index in [4.69, 9.17) is 11.5 Å². The van der Waals surface area contributed by atoms with E-state index in [1.54, 1.807) is 0 Å². The molecule has 1 aliphatic carbocycles. The molecule has 6 nitrogen and oxygen atoms in total. The number of nitrogen functional groups attached to an aromatic ring is 1. The number of hydrogen-bond donors (Lipinski definition) is 2. The molecule has 0 bridgehead atoms. The minimum absolute atomic E-state index is 0.106. The summed E-state index contributed by atoms with van der Waals surface area (Å²) >= 11 is 0. The van der Waals surface area contributed by atoms with Crippen molar-refractivity contribution in [1.29, 1.82) is 0 Å². The molecule has 0 saturated carbocycles. The fourth-order valence-corrected chi connectivity index (χ4v) is 3.71.